The molecule has 2 aliphatic heterocycles. The van der Waals surface area contributed by atoms with E-state index in [1.54, 1.807) is 14.2 Å². The molecule has 1 N–H and O–H groups in total. The van der Waals surface area contributed by atoms with Gasteiger partial charge in [-0.05, 0) is 50.5 Å². The van der Waals surface area contributed by atoms with Crippen LogP contribution < -0.4 is 14.8 Å². The number of fused-ring (bicyclic) bond motifs is 1. The summed E-state index contributed by atoms with van der Waals surface area (Å²) in [6.45, 7) is 4.58. The number of methoxy groups -OCH3 is 2. The van der Waals surface area contributed by atoms with E-state index >= 15 is 0 Å². The van der Waals surface area contributed by atoms with Gasteiger partial charge in [-0.25, -0.2) is 0 Å². The first-order valence-corrected chi connectivity index (χ1v) is 7.53. The van der Waals surface area contributed by atoms with E-state index in [1.807, 2.05) is 6.07 Å². The summed E-state index contributed by atoms with van der Waals surface area (Å²) in [5, 5.41) is 3.65. The Bertz CT molecular complexity index is 470. The Morgan fingerprint density at radius 3 is 2.70 bits per heavy atom. The van der Waals surface area contributed by atoms with Crippen LogP contribution in [0, 0.1) is 0 Å². The quantitative estimate of drug-likeness (QED) is 0.912. The Hall–Kier alpha value is -1.26. The van der Waals surface area contributed by atoms with Gasteiger partial charge in [0, 0.05) is 18.2 Å². The largest absolute Gasteiger partial charge is 0.493 e. The molecule has 1 aromatic rings. The SMILES string of the molecule is COc1ccc2c(c1OC)CCNC2CN1CCCC1. The van der Waals surface area contributed by atoms with Crippen LogP contribution in [0.3, 0.4) is 0 Å². The molecule has 4 nitrogen and oxygen atoms in total. The Labute approximate surface area is 121 Å². The topological polar surface area (TPSA) is 33.7 Å². The van der Waals surface area contributed by atoms with E-state index in [4.69, 9.17) is 9.47 Å². The van der Waals surface area contributed by atoms with E-state index in [2.05, 4.69) is 16.3 Å². The molecular weight excluding hydrogens is 252 g/mol. The maximum Gasteiger partial charge on any atom is 0.164 e. The summed E-state index contributed by atoms with van der Waals surface area (Å²) < 4.78 is 11.0. The smallest absolute Gasteiger partial charge is 0.164 e. The molecule has 2 heterocycles. The molecule has 2 aliphatic rings. The molecule has 1 unspecified atom stereocenters. The highest BCUT2D eigenvalue weighted by atomic mass is 16.5. The van der Waals surface area contributed by atoms with Crippen molar-refractivity contribution in [2.24, 2.45) is 0 Å². The van der Waals surface area contributed by atoms with E-state index in [0.717, 1.165) is 31.0 Å². The molecular formula is C16H24N2O2. The fourth-order valence-corrected chi connectivity index (χ4v) is 3.46. The van der Waals surface area contributed by atoms with E-state index in [0.29, 0.717) is 6.04 Å². The second-order valence-corrected chi connectivity index (χ2v) is 5.63. The first-order valence-electron chi connectivity index (χ1n) is 7.53. The van der Waals surface area contributed by atoms with Crippen LogP contribution in [-0.2, 0) is 6.42 Å². The maximum absolute atomic E-state index is 5.59. The zero-order valence-electron chi connectivity index (χ0n) is 12.4. The summed E-state index contributed by atoms with van der Waals surface area (Å²) in [5.41, 5.74) is 2.69. The Morgan fingerprint density at radius 2 is 2.00 bits per heavy atom. The van der Waals surface area contributed by atoms with Gasteiger partial charge in [-0.2, -0.15) is 0 Å². The molecule has 0 amide bonds. The molecule has 0 aromatic heterocycles. The number of nitrogens with zero attached hydrogens (tertiary/aromatic N) is 1. The third-order valence-corrected chi connectivity index (χ3v) is 4.47. The van der Waals surface area contributed by atoms with Gasteiger partial charge in [0.2, 0.25) is 0 Å². The molecule has 0 spiro atoms. The van der Waals surface area contributed by atoms with Crippen molar-refractivity contribution < 1.29 is 9.47 Å². The molecule has 0 aliphatic carbocycles. The molecule has 0 bridgehead atoms. The predicted octanol–water partition coefficient (Wildman–Crippen LogP) is 1.99. The predicted molar refractivity (Wildman–Crippen MR) is 79.7 cm³/mol. The Kier molecular flexibility index (Phi) is 4.13. The third-order valence-electron chi connectivity index (χ3n) is 4.47. The molecule has 110 valence electrons. The number of nitrogens with one attached hydrogen (secondary N) is 1. The molecule has 20 heavy (non-hydrogen) atoms. The number of hydrogen-bond donors (Lipinski definition) is 1. The minimum absolute atomic E-state index is 0.414. The highest BCUT2D eigenvalue weighted by molar-refractivity contribution is 5.52. The van der Waals surface area contributed by atoms with Crippen molar-refractivity contribution in [2.75, 3.05) is 40.4 Å². The molecule has 0 saturated carbocycles. The minimum Gasteiger partial charge on any atom is -0.493 e. The maximum atomic E-state index is 5.59. The lowest BCUT2D eigenvalue weighted by molar-refractivity contribution is 0.284. The van der Waals surface area contributed by atoms with Crippen molar-refractivity contribution in [3.05, 3.63) is 23.3 Å². The van der Waals surface area contributed by atoms with Crippen molar-refractivity contribution in [1.82, 2.24) is 10.2 Å². The standard InChI is InChI=1S/C16H24N2O2/c1-19-15-6-5-12-13(16(15)20-2)7-8-17-14(12)11-18-9-3-4-10-18/h5-6,14,17H,3-4,7-11H2,1-2H3. The normalized spacial score (nSPS) is 22.6. The van der Waals surface area contributed by atoms with Gasteiger partial charge in [0.1, 0.15) is 0 Å². The zero-order valence-corrected chi connectivity index (χ0v) is 12.4. The highest BCUT2D eigenvalue weighted by Crippen LogP contribution is 2.38. The van der Waals surface area contributed by atoms with Crippen LogP contribution in [0.5, 0.6) is 11.5 Å². The van der Waals surface area contributed by atoms with Crippen molar-refractivity contribution in [1.29, 1.82) is 0 Å². The lowest BCUT2D eigenvalue weighted by Crippen LogP contribution is -2.38. The molecule has 1 aromatic carbocycles. The van der Waals surface area contributed by atoms with Gasteiger partial charge < -0.3 is 19.7 Å². The summed E-state index contributed by atoms with van der Waals surface area (Å²) >= 11 is 0. The second-order valence-electron chi connectivity index (χ2n) is 5.63. The van der Waals surface area contributed by atoms with Gasteiger partial charge in [0.05, 0.1) is 14.2 Å². The van der Waals surface area contributed by atoms with Gasteiger partial charge >= 0.3 is 0 Å². The van der Waals surface area contributed by atoms with Crippen LogP contribution in [0.15, 0.2) is 12.1 Å². The second kappa shape index (κ2) is 6.02. The third kappa shape index (κ3) is 2.50. The van der Waals surface area contributed by atoms with Crippen molar-refractivity contribution >= 4 is 0 Å². The van der Waals surface area contributed by atoms with E-state index in [1.165, 1.54) is 37.1 Å². The van der Waals surface area contributed by atoms with Crippen LogP contribution in [0.25, 0.3) is 0 Å². The lowest BCUT2D eigenvalue weighted by atomic mass is 9.92. The first kappa shape index (κ1) is 13.7. The van der Waals surface area contributed by atoms with Gasteiger partial charge in [-0.15, -0.1) is 0 Å². The van der Waals surface area contributed by atoms with Gasteiger partial charge in [0.25, 0.3) is 0 Å². The number of ether oxygens (including phenoxy) is 2. The summed E-state index contributed by atoms with van der Waals surface area (Å²) in [6, 6.07) is 4.64. The van der Waals surface area contributed by atoms with Gasteiger partial charge in [-0.1, -0.05) is 6.07 Å². The highest BCUT2D eigenvalue weighted by Gasteiger charge is 2.26. The summed E-state index contributed by atoms with van der Waals surface area (Å²) in [7, 11) is 3.43. The minimum atomic E-state index is 0.414. The van der Waals surface area contributed by atoms with Crippen molar-refractivity contribution in [2.45, 2.75) is 25.3 Å². The van der Waals surface area contributed by atoms with Gasteiger partial charge in [-0.3, -0.25) is 0 Å². The molecule has 1 fully saturated rings. The van der Waals surface area contributed by atoms with E-state index in [9.17, 15) is 0 Å². The average molecular weight is 276 g/mol. The van der Waals surface area contributed by atoms with Crippen LogP contribution in [0.2, 0.25) is 0 Å². The molecule has 0 radical (unpaired) electrons. The summed E-state index contributed by atoms with van der Waals surface area (Å²) in [4.78, 5) is 2.56. The van der Waals surface area contributed by atoms with Crippen LogP contribution >= 0.6 is 0 Å². The number of likely N-dealkylation sites (tertiary alicyclic amines) is 1. The van der Waals surface area contributed by atoms with Crippen LogP contribution in [-0.4, -0.2) is 45.3 Å². The van der Waals surface area contributed by atoms with Crippen molar-refractivity contribution in [3.8, 4) is 11.5 Å². The molecule has 4 heteroatoms. The monoisotopic (exact) mass is 276 g/mol. The fraction of sp³-hybridized carbons (Fsp3) is 0.625. The zero-order chi connectivity index (χ0) is 13.9. The van der Waals surface area contributed by atoms with Crippen LogP contribution in [0.1, 0.15) is 30.0 Å². The molecule has 1 saturated heterocycles. The lowest BCUT2D eigenvalue weighted by Gasteiger charge is -2.31. The Balaban J connectivity index is 1.88. The van der Waals surface area contributed by atoms with E-state index in [-0.39, 0.29) is 0 Å². The number of hydrogen-bond acceptors (Lipinski definition) is 4. The first-order chi connectivity index (χ1) is 9.83. The fourth-order valence-electron chi connectivity index (χ4n) is 3.46. The van der Waals surface area contributed by atoms with Crippen LogP contribution in [0.4, 0.5) is 0 Å². The number of benzene rings is 1. The van der Waals surface area contributed by atoms with Crippen molar-refractivity contribution in [3.63, 3.8) is 0 Å². The average Bonchev–Trinajstić information content (AvgIpc) is 2.99. The summed E-state index contributed by atoms with van der Waals surface area (Å²) in [5.74, 6) is 1.76. The molecule has 3 rings (SSSR count). The van der Waals surface area contributed by atoms with E-state index < -0.39 is 0 Å². The Morgan fingerprint density at radius 1 is 1.20 bits per heavy atom. The number of rotatable bonds is 4. The molecule has 1 atom stereocenters. The van der Waals surface area contributed by atoms with Gasteiger partial charge in [0.15, 0.2) is 11.5 Å². The summed E-state index contributed by atoms with van der Waals surface area (Å²) in [6.07, 6.45) is 3.68.